The maximum absolute atomic E-state index is 13.2. The van der Waals surface area contributed by atoms with Crippen LogP contribution in [0.2, 0.25) is 5.02 Å². The van der Waals surface area contributed by atoms with Gasteiger partial charge >= 0.3 is 0 Å². The topological polar surface area (TPSA) is 49.8 Å². The molecule has 0 amide bonds. The highest BCUT2D eigenvalue weighted by molar-refractivity contribution is 9.10. The van der Waals surface area contributed by atoms with Crippen molar-refractivity contribution in [2.24, 2.45) is 0 Å². The summed E-state index contributed by atoms with van der Waals surface area (Å²) in [6.07, 6.45) is 2.20. The number of rotatable bonds is 4. The van der Waals surface area contributed by atoms with E-state index in [1.54, 1.807) is 7.05 Å². The number of halogens is 3. The summed E-state index contributed by atoms with van der Waals surface area (Å²) in [6, 6.07) is 2.60. The van der Waals surface area contributed by atoms with Gasteiger partial charge in [0.25, 0.3) is 0 Å². The largest absolute Gasteiger partial charge is 0.373 e. The van der Waals surface area contributed by atoms with Gasteiger partial charge in [0.05, 0.1) is 10.7 Å². The molecule has 0 radical (unpaired) electrons. The average Bonchev–Trinajstić information content (AvgIpc) is 2.42. The number of anilines is 3. The summed E-state index contributed by atoms with van der Waals surface area (Å²) in [7, 11) is 1.80. The molecule has 2 N–H and O–H groups in total. The minimum Gasteiger partial charge on any atom is -0.373 e. The lowest BCUT2D eigenvalue weighted by Gasteiger charge is -2.15. The first-order chi connectivity index (χ1) is 9.56. The van der Waals surface area contributed by atoms with Crippen LogP contribution in [0.1, 0.15) is 12.5 Å². The summed E-state index contributed by atoms with van der Waals surface area (Å²) in [4.78, 5) is 8.38. The van der Waals surface area contributed by atoms with E-state index in [0.29, 0.717) is 16.0 Å². The Kier molecular flexibility index (Phi) is 4.77. The van der Waals surface area contributed by atoms with Crippen molar-refractivity contribution in [3.63, 3.8) is 0 Å². The van der Waals surface area contributed by atoms with Gasteiger partial charge in [0.2, 0.25) is 0 Å². The van der Waals surface area contributed by atoms with Crippen molar-refractivity contribution in [3.8, 4) is 0 Å². The van der Waals surface area contributed by atoms with E-state index in [4.69, 9.17) is 11.6 Å². The standard InChI is InChI=1S/C13H13BrClFN4/c1-3-8-12(17-2)18-6-19-13(8)20-11-9(14)4-7(16)5-10(11)15/h4-6H,3H2,1-2H3,(H2,17,18,19,20). The molecule has 0 aliphatic carbocycles. The van der Waals surface area contributed by atoms with Crippen molar-refractivity contribution < 1.29 is 4.39 Å². The Morgan fingerprint density at radius 1 is 1.30 bits per heavy atom. The zero-order chi connectivity index (χ0) is 14.7. The molecule has 1 heterocycles. The first-order valence-electron chi connectivity index (χ1n) is 6.00. The number of aromatic nitrogens is 2. The highest BCUT2D eigenvalue weighted by Gasteiger charge is 2.13. The summed E-state index contributed by atoms with van der Waals surface area (Å²) in [5.41, 5.74) is 1.51. The molecule has 0 saturated heterocycles. The van der Waals surface area contributed by atoms with Crippen molar-refractivity contribution in [1.82, 2.24) is 9.97 Å². The molecule has 106 valence electrons. The molecule has 0 bridgehead atoms. The fourth-order valence-corrected chi connectivity index (χ4v) is 2.75. The third-order valence-electron chi connectivity index (χ3n) is 2.79. The molecule has 0 atom stereocenters. The van der Waals surface area contributed by atoms with Gasteiger partial charge in [0.1, 0.15) is 23.8 Å². The van der Waals surface area contributed by atoms with Gasteiger partial charge in [-0.3, -0.25) is 0 Å². The smallest absolute Gasteiger partial charge is 0.139 e. The van der Waals surface area contributed by atoms with E-state index in [1.165, 1.54) is 18.5 Å². The van der Waals surface area contributed by atoms with Crippen molar-refractivity contribution in [2.75, 3.05) is 17.7 Å². The van der Waals surface area contributed by atoms with Crippen LogP contribution in [0.15, 0.2) is 22.9 Å². The van der Waals surface area contributed by atoms with Crippen LogP contribution in [0.25, 0.3) is 0 Å². The van der Waals surface area contributed by atoms with Gasteiger partial charge < -0.3 is 10.6 Å². The Morgan fingerprint density at radius 3 is 2.60 bits per heavy atom. The van der Waals surface area contributed by atoms with Crippen molar-refractivity contribution in [1.29, 1.82) is 0 Å². The minimum absolute atomic E-state index is 0.281. The van der Waals surface area contributed by atoms with Gasteiger partial charge in [-0.05, 0) is 34.5 Å². The summed E-state index contributed by atoms with van der Waals surface area (Å²) in [5, 5.41) is 6.42. The fourth-order valence-electron chi connectivity index (χ4n) is 1.85. The maximum Gasteiger partial charge on any atom is 0.139 e. The summed E-state index contributed by atoms with van der Waals surface area (Å²) >= 11 is 9.35. The molecule has 4 nitrogen and oxygen atoms in total. The number of hydrogen-bond acceptors (Lipinski definition) is 4. The van der Waals surface area contributed by atoms with Crippen LogP contribution >= 0.6 is 27.5 Å². The van der Waals surface area contributed by atoms with Gasteiger partial charge in [-0.15, -0.1) is 0 Å². The van der Waals surface area contributed by atoms with E-state index in [9.17, 15) is 4.39 Å². The Labute approximate surface area is 129 Å². The predicted molar refractivity (Wildman–Crippen MR) is 83.3 cm³/mol. The van der Waals surface area contributed by atoms with E-state index in [-0.39, 0.29) is 5.02 Å². The van der Waals surface area contributed by atoms with E-state index in [1.807, 2.05) is 6.92 Å². The quantitative estimate of drug-likeness (QED) is 0.850. The van der Waals surface area contributed by atoms with Gasteiger partial charge in [0.15, 0.2) is 0 Å². The molecule has 1 aromatic carbocycles. The molecule has 0 unspecified atom stereocenters. The van der Waals surface area contributed by atoms with Crippen LogP contribution in [0.4, 0.5) is 21.7 Å². The summed E-state index contributed by atoms with van der Waals surface area (Å²) < 4.78 is 13.8. The van der Waals surface area contributed by atoms with E-state index in [0.717, 1.165) is 17.8 Å². The lowest BCUT2D eigenvalue weighted by molar-refractivity contribution is 0.627. The van der Waals surface area contributed by atoms with E-state index < -0.39 is 5.82 Å². The molecule has 0 aliphatic heterocycles. The molecular formula is C13H13BrClFN4. The lowest BCUT2D eigenvalue weighted by Crippen LogP contribution is -2.05. The second-order valence-corrected chi connectivity index (χ2v) is 5.28. The van der Waals surface area contributed by atoms with Crippen molar-refractivity contribution in [2.45, 2.75) is 13.3 Å². The molecule has 7 heteroatoms. The SMILES string of the molecule is CCc1c(NC)ncnc1Nc1c(Cl)cc(F)cc1Br. The van der Waals surface area contributed by atoms with Gasteiger partial charge in [-0.25, -0.2) is 14.4 Å². The molecule has 2 rings (SSSR count). The normalized spacial score (nSPS) is 10.4. The van der Waals surface area contributed by atoms with Crippen LogP contribution in [0, 0.1) is 5.82 Å². The first kappa shape index (κ1) is 15.0. The van der Waals surface area contributed by atoms with Gasteiger partial charge in [-0.1, -0.05) is 18.5 Å². The van der Waals surface area contributed by atoms with Crippen LogP contribution in [-0.4, -0.2) is 17.0 Å². The third kappa shape index (κ3) is 3.02. The molecule has 1 aromatic heterocycles. The molecule has 0 fully saturated rings. The first-order valence-corrected chi connectivity index (χ1v) is 7.17. The summed E-state index contributed by atoms with van der Waals surface area (Å²) in [6.45, 7) is 2.01. The fraction of sp³-hybridized carbons (Fsp3) is 0.231. The molecule has 0 saturated carbocycles. The zero-order valence-corrected chi connectivity index (χ0v) is 13.3. The maximum atomic E-state index is 13.2. The second kappa shape index (κ2) is 6.37. The minimum atomic E-state index is -0.401. The van der Waals surface area contributed by atoms with Gasteiger partial charge in [-0.2, -0.15) is 0 Å². The highest BCUT2D eigenvalue weighted by atomic mass is 79.9. The number of nitrogens with zero attached hydrogens (tertiary/aromatic N) is 2. The Hall–Kier alpha value is -1.40. The summed E-state index contributed by atoms with van der Waals surface area (Å²) in [5.74, 6) is 0.988. The number of benzene rings is 1. The highest BCUT2D eigenvalue weighted by Crippen LogP contribution is 2.35. The molecule has 0 spiro atoms. The Balaban J connectivity index is 2.45. The Bertz CT molecular complexity index is 613. The Morgan fingerprint density at radius 2 is 2.00 bits per heavy atom. The monoisotopic (exact) mass is 358 g/mol. The second-order valence-electron chi connectivity index (χ2n) is 4.02. The molecule has 20 heavy (non-hydrogen) atoms. The average molecular weight is 360 g/mol. The van der Waals surface area contributed by atoms with Crippen LogP contribution in [-0.2, 0) is 6.42 Å². The van der Waals surface area contributed by atoms with E-state index >= 15 is 0 Å². The van der Waals surface area contributed by atoms with Crippen molar-refractivity contribution >= 4 is 44.9 Å². The number of nitrogens with one attached hydrogen (secondary N) is 2. The van der Waals surface area contributed by atoms with Crippen molar-refractivity contribution in [3.05, 3.63) is 39.3 Å². The third-order valence-corrected chi connectivity index (χ3v) is 3.71. The van der Waals surface area contributed by atoms with Crippen LogP contribution < -0.4 is 10.6 Å². The molecular weight excluding hydrogens is 347 g/mol. The molecule has 2 aromatic rings. The number of hydrogen-bond donors (Lipinski definition) is 2. The predicted octanol–water partition coefficient (Wildman–Crippen LogP) is 4.38. The lowest BCUT2D eigenvalue weighted by atomic mass is 10.2. The van der Waals surface area contributed by atoms with Gasteiger partial charge in [0, 0.05) is 17.1 Å². The molecule has 0 aliphatic rings. The van der Waals surface area contributed by atoms with Crippen LogP contribution in [0.3, 0.4) is 0 Å². The van der Waals surface area contributed by atoms with Crippen LogP contribution in [0.5, 0.6) is 0 Å². The van der Waals surface area contributed by atoms with E-state index in [2.05, 4.69) is 36.5 Å². The zero-order valence-electron chi connectivity index (χ0n) is 11.0.